The molecule has 0 aliphatic heterocycles. The Bertz CT molecular complexity index is 1470. The first-order valence-corrected chi connectivity index (χ1v) is 11.2. The van der Waals surface area contributed by atoms with E-state index < -0.39 is 17.8 Å². The van der Waals surface area contributed by atoms with Crippen LogP contribution < -0.4 is 14.9 Å². The van der Waals surface area contributed by atoms with Crippen molar-refractivity contribution >= 4 is 30.1 Å². The number of furan rings is 1. The van der Waals surface area contributed by atoms with Crippen LogP contribution in [0.2, 0.25) is 0 Å². The average Bonchev–Trinajstić information content (AvgIpc) is 3.44. The summed E-state index contributed by atoms with van der Waals surface area (Å²) in [6.07, 6.45) is 5.47. The number of carbonyl (C=O) groups is 3. The van der Waals surface area contributed by atoms with Gasteiger partial charge in [0.2, 0.25) is 0 Å². The number of amides is 1. The van der Waals surface area contributed by atoms with Gasteiger partial charge in [0, 0.05) is 17.2 Å². The topological polar surface area (TPSA) is 107 Å². The molecule has 0 fully saturated rings. The minimum Gasteiger partial charge on any atom is -0.459 e. The van der Waals surface area contributed by atoms with Crippen molar-refractivity contribution in [1.29, 1.82) is 0 Å². The van der Waals surface area contributed by atoms with Crippen LogP contribution in [0.25, 0.3) is 6.08 Å². The minimum atomic E-state index is -0.653. The molecule has 0 aliphatic rings. The Morgan fingerprint density at radius 3 is 2.30 bits per heavy atom. The summed E-state index contributed by atoms with van der Waals surface area (Å²) in [5.74, 6) is -1.00. The van der Waals surface area contributed by atoms with Crippen LogP contribution in [-0.4, -0.2) is 24.1 Å². The zero-order chi connectivity index (χ0) is 26.0. The molecule has 0 spiro atoms. The Kier molecular flexibility index (Phi) is 8.03. The third-order valence-corrected chi connectivity index (χ3v) is 5.02. The number of para-hydroxylation sites is 2. The largest absolute Gasteiger partial charge is 0.459 e. The number of aryl methyl sites for hydroxylation is 1. The van der Waals surface area contributed by atoms with Crippen molar-refractivity contribution in [2.45, 2.75) is 6.92 Å². The number of hydrogen-bond acceptors (Lipinski definition) is 7. The normalized spacial score (nSPS) is 10.9. The van der Waals surface area contributed by atoms with Crippen molar-refractivity contribution in [3.8, 4) is 11.5 Å². The molecule has 0 aliphatic carbocycles. The first kappa shape index (κ1) is 24.9. The van der Waals surface area contributed by atoms with Gasteiger partial charge in [-0.25, -0.2) is 15.0 Å². The molecule has 0 saturated carbocycles. The van der Waals surface area contributed by atoms with Crippen molar-refractivity contribution in [2.75, 3.05) is 0 Å². The van der Waals surface area contributed by atoms with E-state index >= 15 is 0 Å². The van der Waals surface area contributed by atoms with Gasteiger partial charge in [0.05, 0.1) is 18.0 Å². The monoisotopic (exact) mass is 494 g/mol. The van der Waals surface area contributed by atoms with E-state index in [9.17, 15) is 14.4 Å². The van der Waals surface area contributed by atoms with E-state index in [-0.39, 0.29) is 11.5 Å². The molecule has 0 unspecified atom stereocenters. The second kappa shape index (κ2) is 11.9. The molecule has 1 aromatic heterocycles. The predicted molar refractivity (Wildman–Crippen MR) is 137 cm³/mol. The minimum absolute atomic E-state index is 0.117. The van der Waals surface area contributed by atoms with Crippen molar-refractivity contribution < 1.29 is 28.3 Å². The number of ether oxygens (including phenoxy) is 2. The molecule has 0 bridgehead atoms. The predicted octanol–water partition coefficient (Wildman–Crippen LogP) is 5.19. The van der Waals surface area contributed by atoms with Gasteiger partial charge in [-0.3, -0.25) is 4.79 Å². The number of rotatable bonds is 8. The number of nitrogens with one attached hydrogen (secondary N) is 1. The number of benzene rings is 3. The molecule has 37 heavy (non-hydrogen) atoms. The maximum absolute atomic E-state index is 12.5. The van der Waals surface area contributed by atoms with Crippen LogP contribution in [0.15, 0.2) is 107 Å². The van der Waals surface area contributed by atoms with Gasteiger partial charge in [-0.15, -0.1) is 0 Å². The first-order valence-electron chi connectivity index (χ1n) is 11.2. The van der Waals surface area contributed by atoms with Crippen LogP contribution in [0.4, 0.5) is 0 Å². The van der Waals surface area contributed by atoms with Crippen molar-refractivity contribution in [1.82, 2.24) is 5.43 Å². The maximum Gasteiger partial charge on any atom is 0.343 e. The highest BCUT2D eigenvalue weighted by molar-refractivity contribution is 5.94. The molecule has 8 nitrogen and oxygen atoms in total. The van der Waals surface area contributed by atoms with Gasteiger partial charge in [0.1, 0.15) is 11.5 Å². The van der Waals surface area contributed by atoms with Gasteiger partial charge in [0.15, 0.2) is 5.76 Å². The number of hydrogen-bond donors (Lipinski definition) is 1. The molecule has 0 atom stereocenters. The maximum atomic E-state index is 12.5. The van der Waals surface area contributed by atoms with Crippen LogP contribution in [0.1, 0.15) is 37.6 Å². The average molecular weight is 495 g/mol. The summed E-state index contributed by atoms with van der Waals surface area (Å²) in [5, 5.41) is 3.89. The van der Waals surface area contributed by atoms with E-state index in [1.54, 1.807) is 72.8 Å². The number of nitrogens with zero attached hydrogens (tertiary/aromatic N) is 1. The van der Waals surface area contributed by atoms with Gasteiger partial charge in [0.25, 0.3) is 0 Å². The van der Waals surface area contributed by atoms with Gasteiger partial charge < -0.3 is 13.9 Å². The number of carbonyl (C=O) groups excluding carboxylic acids is 3. The van der Waals surface area contributed by atoms with Crippen molar-refractivity contribution in [2.24, 2.45) is 5.10 Å². The van der Waals surface area contributed by atoms with Crippen molar-refractivity contribution in [3.05, 3.63) is 125 Å². The van der Waals surface area contributed by atoms with E-state index in [1.165, 1.54) is 30.7 Å². The SMILES string of the molecule is Cc1cccc(C(=O)Oc2ccccc2/C=C/C(=O)Oc2ccccc2/C=N/NC(=O)c2ccco2)c1. The van der Waals surface area contributed by atoms with Gasteiger partial charge in [-0.2, -0.15) is 5.10 Å². The van der Waals surface area contributed by atoms with E-state index in [0.717, 1.165) is 5.56 Å². The lowest BCUT2D eigenvalue weighted by atomic mass is 10.1. The van der Waals surface area contributed by atoms with Gasteiger partial charge >= 0.3 is 17.8 Å². The summed E-state index contributed by atoms with van der Waals surface area (Å²) in [5.41, 5.74) is 4.70. The van der Waals surface area contributed by atoms with E-state index in [0.29, 0.717) is 22.4 Å². The Morgan fingerprint density at radius 2 is 1.57 bits per heavy atom. The molecular weight excluding hydrogens is 472 g/mol. The van der Waals surface area contributed by atoms with E-state index in [1.807, 2.05) is 13.0 Å². The third-order valence-electron chi connectivity index (χ3n) is 5.02. The number of hydrazone groups is 1. The molecule has 1 N–H and O–H groups in total. The summed E-state index contributed by atoms with van der Waals surface area (Å²) in [6, 6.07) is 23.7. The summed E-state index contributed by atoms with van der Waals surface area (Å²) in [7, 11) is 0. The lowest BCUT2D eigenvalue weighted by molar-refractivity contribution is -0.128. The Morgan fingerprint density at radius 1 is 0.838 bits per heavy atom. The van der Waals surface area contributed by atoms with E-state index in [4.69, 9.17) is 13.9 Å². The lowest BCUT2D eigenvalue weighted by Gasteiger charge is -2.08. The highest BCUT2D eigenvalue weighted by atomic mass is 16.5. The molecule has 0 saturated heterocycles. The molecule has 1 heterocycles. The fraction of sp³-hybridized carbons (Fsp3) is 0.0345. The number of esters is 2. The molecule has 0 radical (unpaired) electrons. The van der Waals surface area contributed by atoms with Crippen LogP contribution >= 0.6 is 0 Å². The Hall–Kier alpha value is -5.24. The highest BCUT2D eigenvalue weighted by Gasteiger charge is 2.12. The second-order valence-electron chi connectivity index (χ2n) is 7.77. The molecule has 184 valence electrons. The molecule has 4 rings (SSSR count). The second-order valence-corrected chi connectivity index (χ2v) is 7.77. The van der Waals surface area contributed by atoms with Crippen LogP contribution in [0, 0.1) is 6.92 Å². The van der Waals surface area contributed by atoms with E-state index in [2.05, 4.69) is 10.5 Å². The Balaban J connectivity index is 1.41. The molecule has 1 amide bonds. The van der Waals surface area contributed by atoms with Crippen LogP contribution in [-0.2, 0) is 4.79 Å². The van der Waals surface area contributed by atoms with Gasteiger partial charge in [-0.05, 0) is 55.5 Å². The Labute approximate surface area is 212 Å². The summed E-state index contributed by atoms with van der Waals surface area (Å²) in [6.45, 7) is 1.89. The zero-order valence-electron chi connectivity index (χ0n) is 19.8. The third kappa shape index (κ3) is 6.89. The summed E-state index contributed by atoms with van der Waals surface area (Å²) >= 11 is 0. The fourth-order valence-electron chi connectivity index (χ4n) is 3.25. The fourth-order valence-corrected chi connectivity index (χ4v) is 3.25. The smallest absolute Gasteiger partial charge is 0.343 e. The molecule has 3 aromatic carbocycles. The molecular formula is C29H22N2O6. The summed E-state index contributed by atoms with van der Waals surface area (Å²) < 4.78 is 16.0. The van der Waals surface area contributed by atoms with Crippen molar-refractivity contribution in [3.63, 3.8) is 0 Å². The first-order chi connectivity index (χ1) is 18.0. The summed E-state index contributed by atoms with van der Waals surface area (Å²) in [4.78, 5) is 37.0. The van der Waals surface area contributed by atoms with Gasteiger partial charge in [-0.1, -0.05) is 48.0 Å². The quantitative estimate of drug-likeness (QED) is 0.119. The molecule has 8 heteroatoms. The highest BCUT2D eigenvalue weighted by Crippen LogP contribution is 2.22. The lowest BCUT2D eigenvalue weighted by Crippen LogP contribution is -2.16. The van der Waals surface area contributed by atoms with Crippen LogP contribution in [0.3, 0.4) is 0 Å². The standard InChI is InChI=1S/C29H22N2O6/c1-20-8-6-11-22(18-20)29(34)37-24-12-4-2-9-21(24)15-16-27(32)36-25-13-5-3-10-23(25)19-30-31-28(33)26-14-7-17-35-26/h2-19H,1H3,(H,31,33)/b16-15+,30-19+. The zero-order valence-corrected chi connectivity index (χ0v) is 19.8. The molecule has 4 aromatic rings. The van der Waals surface area contributed by atoms with Crippen LogP contribution in [0.5, 0.6) is 11.5 Å².